The van der Waals surface area contributed by atoms with E-state index in [1.54, 1.807) is 18.3 Å². The summed E-state index contributed by atoms with van der Waals surface area (Å²) in [5.74, 6) is 0.226. The van der Waals surface area contributed by atoms with Crippen molar-refractivity contribution in [1.82, 2.24) is 0 Å². The van der Waals surface area contributed by atoms with Gasteiger partial charge < -0.3 is 5.11 Å². The third kappa shape index (κ3) is 3.32. The molecular formula is C14H11BrINO. The highest BCUT2D eigenvalue weighted by Crippen LogP contribution is 2.22. The van der Waals surface area contributed by atoms with Crippen LogP contribution in [-0.2, 0) is 0 Å². The highest BCUT2D eigenvalue weighted by molar-refractivity contribution is 14.1. The van der Waals surface area contributed by atoms with E-state index in [1.807, 2.05) is 24.3 Å². The molecular weight excluding hydrogens is 405 g/mol. The molecule has 92 valence electrons. The fraction of sp³-hybridized carbons (Fsp3) is 0.0714. The molecule has 4 heteroatoms. The van der Waals surface area contributed by atoms with Crippen LogP contribution < -0.4 is 0 Å². The Labute approximate surface area is 128 Å². The van der Waals surface area contributed by atoms with Crippen LogP contribution in [-0.4, -0.2) is 11.3 Å². The summed E-state index contributed by atoms with van der Waals surface area (Å²) in [6.45, 7) is 2.06. The number of phenols is 1. The Morgan fingerprint density at radius 3 is 2.72 bits per heavy atom. The normalized spacial score (nSPS) is 11.1. The summed E-state index contributed by atoms with van der Waals surface area (Å²) in [5.41, 5.74) is 2.81. The number of hydrogen-bond acceptors (Lipinski definition) is 2. The molecule has 2 aromatic rings. The third-order valence-electron chi connectivity index (χ3n) is 2.50. The molecule has 2 aromatic carbocycles. The van der Waals surface area contributed by atoms with Gasteiger partial charge in [-0.05, 0) is 65.4 Å². The van der Waals surface area contributed by atoms with Gasteiger partial charge >= 0.3 is 0 Å². The quantitative estimate of drug-likeness (QED) is 0.553. The van der Waals surface area contributed by atoms with Crippen LogP contribution in [0.2, 0.25) is 0 Å². The molecule has 0 spiro atoms. The van der Waals surface area contributed by atoms with Gasteiger partial charge in [0.2, 0.25) is 0 Å². The molecule has 18 heavy (non-hydrogen) atoms. The van der Waals surface area contributed by atoms with E-state index in [0.717, 1.165) is 10.2 Å². The molecule has 0 atom stereocenters. The molecule has 0 aliphatic heterocycles. The van der Waals surface area contributed by atoms with Crippen molar-refractivity contribution < 1.29 is 5.11 Å². The van der Waals surface area contributed by atoms with E-state index in [1.165, 1.54) is 9.13 Å². The van der Waals surface area contributed by atoms with Gasteiger partial charge in [0, 0.05) is 19.8 Å². The molecule has 0 radical (unpaired) electrons. The molecule has 0 bridgehead atoms. The lowest BCUT2D eigenvalue weighted by molar-refractivity contribution is 0.474. The molecule has 0 aromatic heterocycles. The molecule has 0 fully saturated rings. The fourth-order valence-electron chi connectivity index (χ4n) is 1.43. The second kappa shape index (κ2) is 5.84. The van der Waals surface area contributed by atoms with E-state index in [9.17, 15) is 5.11 Å². The molecule has 0 aliphatic rings. The molecule has 0 heterocycles. The van der Waals surface area contributed by atoms with Crippen LogP contribution in [0.3, 0.4) is 0 Å². The van der Waals surface area contributed by atoms with Crippen LogP contribution in [0.4, 0.5) is 5.69 Å². The summed E-state index contributed by atoms with van der Waals surface area (Å²) < 4.78 is 2.10. The number of phenolic OH excluding ortho intramolecular Hbond substituents is 1. The lowest BCUT2D eigenvalue weighted by Gasteiger charge is -2.01. The second-order valence-electron chi connectivity index (χ2n) is 3.89. The smallest absolute Gasteiger partial charge is 0.124 e. The van der Waals surface area contributed by atoms with Gasteiger partial charge in [0.15, 0.2) is 0 Å². The summed E-state index contributed by atoms with van der Waals surface area (Å²) in [4.78, 5) is 4.37. The van der Waals surface area contributed by atoms with Crippen molar-refractivity contribution in [2.45, 2.75) is 6.92 Å². The van der Waals surface area contributed by atoms with E-state index in [4.69, 9.17) is 0 Å². The zero-order valence-electron chi connectivity index (χ0n) is 9.69. The number of aryl methyl sites for hydroxylation is 1. The average Bonchev–Trinajstić information content (AvgIpc) is 2.34. The maximum absolute atomic E-state index is 9.70. The molecule has 0 unspecified atom stereocenters. The average molecular weight is 416 g/mol. The molecule has 0 amide bonds. The molecule has 1 N–H and O–H groups in total. The van der Waals surface area contributed by atoms with E-state index in [2.05, 4.69) is 50.4 Å². The minimum atomic E-state index is 0.226. The van der Waals surface area contributed by atoms with Crippen LogP contribution in [0.1, 0.15) is 11.1 Å². The van der Waals surface area contributed by atoms with E-state index in [0.29, 0.717) is 5.56 Å². The standard InChI is InChI=1S/C14H11BrINO/c1-9-2-4-12(7-13(9)16)17-8-10-6-11(15)3-5-14(10)18/h2-8,18H,1H3. The lowest BCUT2D eigenvalue weighted by Crippen LogP contribution is -1.83. The number of benzene rings is 2. The van der Waals surface area contributed by atoms with Gasteiger partial charge in [-0.25, -0.2) is 0 Å². The van der Waals surface area contributed by atoms with Crippen molar-refractivity contribution in [3.05, 3.63) is 55.6 Å². The maximum atomic E-state index is 9.70. The summed E-state index contributed by atoms with van der Waals surface area (Å²) in [6, 6.07) is 11.3. The predicted molar refractivity (Wildman–Crippen MR) is 87.0 cm³/mol. The number of aliphatic imine (C=N–C) groups is 1. The summed E-state index contributed by atoms with van der Waals surface area (Å²) in [7, 11) is 0. The predicted octanol–water partition coefficient (Wildman–Crippen LogP) is 4.82. The van der Waals surface area contributed by atoms with Gasteiger partial charge in [-0.1, -0.05) is 22.0 Å². The second-order valence-corrected chi connectivity index (χ2v) is 5.97. The first kappa shape index (κ1) is 13.5. The van der Waals surface area contributed by atoms with Gasteiger partial charge in [-0.3, -0.25) is 4.99 Å². The van der Waals surface area contributed by atoms with Crippen molar-refractivity contribution in [2.24, 2.45) is 4.99 Å². The van der Waals surface area contributed by atoms with Crippen molar-refractivity contribution in [2.75, 3.05) is 0 Å². The van der Waals surface area contributed by atoms with Gasteiger partial charge in [-0.15, -0.1) is 0 Å². The number of aromatic hydroxyl groups is 1. The number of rotatable bonds is 2. The van der Waals surface area contributed by atoms with Crippen LogP contribution in [0, 0.1) is 10.5 Å². The van der Waals surface area contributed by atoms with Crippen molar-refractivity contribution in [1.29, 1.82) is 0 Å². The first-order chi connectivity index (χ1) is 8.56. The van der Waals surface area contributed by atoms with Crippen molar-refractivity contribution >= 4 is 50.4 Å². The Morgan fingerprint density at radius 1 is 1.22 bits per heavy atom. The van der Waals surface area contributed by atoms with Crippen molar-refractivity contribution in [3.63, 3.8) is 0 Å². The summed E-state index contributed by atoms with van der Waals surface area (Å²) in [5, 5.41) is 9.70. The van der Waals surface area contributed by atoms with Gasteiger partial charge in [-0.2, -0.15) is 0 Å². The molecule has 0 saturated carbocycles. The van der Waals surface area contributed by atoms with Crippen LogP contribution in [0.5, 0.6) is 5.75 Å². The summed E-state index contributed by atoms with van der Waals surface area (Å²) >= 11 is 5.66. The number of nitrogens with zero attached hydrogens (tertiary/aromatic N) is 1. The van der Waals surface area contributed by atoms with E-state index >= 15 is 0 Å². The minimum Gasteiger partial charge on any atom is -0.507 e. The van der Waals surface area contributed by atoms with Crippen LogP contribution >= 0.6 is 38.5 Å². The van der Waals surface area contributed by atoms with E-state index < -0.39 is 0 Å². The first-order valence-corrected chi connectivity index (χ1v) is 7.22. The van der Waals surface area contributed by atoms with Gasteiger partial charge in [0.1, 0.15) is 5.75 Å². The molecule has 2 nitrogen and oxygen atoms in total. The van der Waals surface area contributed by atoms with Crippen LogP contribution in [0.25, 0.3) is 0 Å². The number of hydrogen-bond donors (Lipinski definition) is 1. The largest absolute Gasteiger partial charge is 0.507 e. The van der Waals surface area contributed by atoms with Crippen LogP contribution in [0.15, 0.2) is 45.9 Å². The topological polar surface area (TPSA) is 32.6 Å². The Hall–Kier alpha value is -0.880. The Balaban J connectivity index is 2.29. The van der Waals surface area contributed by atoms with Gasteiger partial charge in [0.25, 0.3) is 0 Å². The highest BCUT2D eigenvalue weighted by Gasteiger charge is 1.99. The number of halogens is 2. The molecule has 0 aliphatic carbocycles. The minimum absolute atomic E-state index is 0.226. The zero-order chi connectivity index (χ0) is 13.1. The Morgan fingerprint density at radius 2 is 2.00 bits per heavy atom. The van der Waals surface area contributed by atoms with Gasteiger partial charge in [0.05, 0.1) is 5.69 Å². The fourth-order valence-corrected chi connectivity index (χ4v) is 2.31. The molecule has 0 saturated heterocycles. The Kier molecular flexibility index (Phi) is 4.40. The monoisotopic (exact) mass is 415 g/mol. The first-order valence-electron chi connectivity index (χ1n) is 5.35. The SMILES string of the molecule is Cc1ccc(N=Cc2cc(Br)ccc2O)cc1I. The van der Waals surface area contributed by atoms with Crippen molar-refractivity contribution in [3.8, 4) is 5.75 Å². The maximum Gasteiger partial charge on any atom is 0.124 e. The summed E-state index contributed by atoms with van der Waals surface area (Å²) in [6.07, 6.45) is 1.67. The zero-order valence-corrected chi connectivity index (χ0v) is 13.4. The van der Waals surface area contributed by atoms with E-state index in [-0.39, 0.29) is 5.75 Å². The Bertz CT molecular complexity index is 611. The lowest BCUT2D eigenvalue weighted by atomic mass is 10.2. The highest BCUT2D eigenvalue weighted by atomic mass is 127. The molecule has 2 rings (SSSR count). The third-order valence-corrected chi connectivity index (χ3v) is 4.15.